The fourth-order valence-electron chi connectivity index (χ4n) is 1.57. The molecule has 1 aromatic carbocycles. The van der Waals surface area contributed by atoms with Gasteiger partial charge in [-0.1, -0.05) is 17.7 Å². The van der Waals surface area contributed by atoms with Gasteiger partial charge in [0.2, 0.25) is 10.0 Å². The van der Waals surface area contributed by atoms with Crippen LogP contribution >= 0.6 is 22.9 Å². The van der Waals surface area contributed by atoms with Crippen molar-refractivity contribution in [1.29, 1.82) is 0 Å². The van der Waals surface area contributed by atoms with E-state index in [2.05, 4.69) is 5.32 Å². The van der Waals surface area contributed by atoms with Crippen LogP contribution in [0.4, 0.5) is 5.69 Å². The molecule has 0 fully saturated rings. The van der Waals surface area contributed by atoms with Crippen molar-refractivity contribution < 1.29 is 13.2 Å². The number of primary sulfonamides is 1. The van der Waals surface area contributed by atoms with Crippen LogP contribution in [0.25, 0.3) is 0 Å². The quantitative estimate of drug-likeness (QED) is 0.906. The van der Waals surface area contributed by atoms with Gasteiger partial charge in [-0.25, -0.2) is 13.6 Å². The maximum absolute atomic E-state index is 12.1. The highest BCUT2D eigenvalue weighted by Gasteiger charge is 2.19. The van der Waals surface area contributed by atoms with Crippen molar-refractivity contribution in [2.24, 2.45) is 5.14 Å². The number of carbonyl (C=O) groups is 1. The van der Waals surface area contributed by atoms with Crippen molar-refractivity contribution in [1.82, 2.24) is 0 Å². The number of anilines is 1. The van der Waals surface area contributed by atoms with Crippen LogP contribution in [0.1, 0.15) is 15.2 Å². The Hall–Kier alpha value is -1.41. The molecule has 0 unspecified atom stereocenters. The summed E-state index contributed by atoms with van der Waals surface area (Å²) < 4.78 is 22.5. The lowest BCUT2D eigenvalue weighted by molar-refractivity contribution is 0.103. The summed E-state index contributed by atoms with van der Waals surface area (Å²) in [4.78, 5) is 12.4. The highest BCUT2D eigenvalue weighted by atomic mass is 35.5. The zero-order valence-corrected chi connectivity index (χ0v) is 12.8. The number of amides is 1. The maximum atomic E-state index is 12.1. The van der Waals surface area contributed by atoms with E-state index >= 15 is 0 Å². The van der Waals surface area contributed by atoms with Crippen LogP contribution in [0.5, 0.6) is 0 Å². The second kappa shape index (κ2) is 5.53. The molecule has 0 aliphatic rings. The van der Waals surface area contributed by atoms with Gasteiger partial charge in [0.05, 0.1) is 4.88 Å². The molecule has 1 aromatic heterocycles. The van der Waals surface area contributed by atoms with E-state index in [1.165, 1.54) is 6.07 Å². The minimum Gasteiger partial charge on any atom is -0.321 e. The highest BCUT2D eigenvalue weighted by molar-refractivity contribution is 7.91. The number of halogens is 1. The van der Waals surface area contributed by atoms with Gasteiger partial charge < -0.3 is 5.32 Å². The number of sulfonamides is 1. The molecule has 0 atom stereocenters. The Kier molecular flexibility index (Phi) is 4.14. The van der Waals surface area contributed by atoms with Gasteiger partial charge in [0, 0.05) is 10.7 Å². The third kappa shape index (κ3) is 3.37. The first kappa shape index (κ1) is 15.0. The van der Waals surface area contributed by atoms with Crippen molar-refractivity contribution in [3.05, 3.63) is 45.8 Å². The summed E-state index contributed by atoms with van der Waals surface area (Å²) in [5.41, 5.74) is 1.09. The fraction of sp³-hybridized carbons (Fsp3) is 0.0833. The Labute approximate surface area is 125 Å². The Bertz CT molecular complexity index is 769. The van der Waals surface area contributed by atoms with Crippen molar-refractivity contribution in [2.75, 3.05) is 5.32 Å². The first-order valence-electron chi connectivity index (χ1n) is 5.47. The summed E-state index contributed by atoms with van der Waals surface area (Å²) in [6.45, 7) is 1.65. The number of hydrogen-bond donors (Lipinski definition) is 2. The number of nitrogens with two attached hydrogens (primary N) is 1. The summed E-state index contributed by atoms with van der Waals surface area (Å²) in [5, 5.41) is 8.20. The van der Waals surface area contributed by atoms with Gasteiger partial charge in [0.15, 0.2) is 0 Å². The first-order valence-corrected chi connectivity index (χ1v) is 8.21. The van der Waals surface area contributed by atoms with E-state index in [9.17, 15) is 13.2 Å². The molecule has 0 bridgehead atoms. The van der Waals surface area contributed by atoms with Crippen LogP contribution in [0.15, 0.2) is 34.5 Å². The van der Waals surface area contributed by atoms with Crippen molar-refractivity contribution in [3.63, 3.8) is 0 Å². The molecule has 2 rings (SSSR count). The summed E-state index contributed by atoms with van der Waals surface area (Å²) in [5.74, 6) is -0.398. The summed E-state index contributed by atoms with van der Waals surface area (Å²) in [6, 6.07) is 8.06. The van der Waals surface area contributed by atoms with E-state index in [1.54, 1.807) is 31.2 Å². The molecule has 0 saturated carbocycles. The number of aryl methyl sites for hydroxylation is 1. The van der Waals surface area contributed by atoms with Crippen LogP contribution in [0, 0.1) is 6.92 Å². The highest BCUT2D eigenvalue weighted by Crippen LogP contribution is 2.26. The van der Waals surface area contributed by atoms with Crippen LogP contribution in [-0.2, 0) is 10.0 Å². The minimum atomic E-state index is -3.80. The van der Waals surface area contributed by atoms with Gasteiger partial charge >= 0.3 is 0 Å². The molecular weight excluding hydrogens is 320 g/mol. The number of hydrogen-bond acceptors (Lipinski definition) is 4. The molecule has 106 valence electrons. The molecule has 0 radical (unpaired) electrons. The Morgan fingerprint density at radius 2 is 2.05 bits per heavy atom. The van der Waals surface area contributed by atoms with E-state index < -0.39 is 15.9 Å². The number of rotatable bonds is 3. The molecule has 20 heavy (non-hydrogen) atoms. The topological polar surface area (TPSA) is 89.3 Å². The van der Waals surface area contributed by atoms with Gasteiger partial charge in [0.1, 0.15) is 4.21 Å². The molecule has 3 N–H and O–H groups in total. The van der Waals surface area contributed by atoms with Crippen LogP contribution in [0.3, 0.4) is 0 Å². The van der Waals surface area contributed by atoms with E-state index in [4.69, 9.17) is 16.7 Å². The number of nitrogens with one attached hydrogen (secondary N) is 1. The van der Waals surface area contributed by atoms with Gasteiger partial charge in [-0.2, -0.15) is 0 Å². The number of carbonyl (C=O) groups excluding carboxylic acids is 1. The van der Waals surface area contributed by atoms with Gasteiger partial charge in [0.25, 0.3) is 5.91 Å². The van der Waals surface area contributed by atoms with Gasteiger partial charge in [-0.15, -0.1) is 11.3 Å². The zero-order valence-electron chi connectivity index (χ0n) is 10.4. The zero-order chi connectivity index (χ0) is 14.9. The molecular formula is C12H11ClN2O3S2. The molecule has 5 nitrogen and oxygen atoms in total. The fourth-order valence-corrected chi connectivity index (χ4v) is 3.62. The predicted octanol–water partition coefficient (Wildman–Crippen LogP) is 2.61. The Balaban J connectivity index is 2.28. The van der Waals surface area contributed by atoms with E-state index in [-0.39, 0.29) is 4.21 Å². The second-order valence-electron chi connectivity index (χ2n) is 4.09. The van der Waals surface area contributed by atoms with E-state index in [0.29, 0.717) is 21.2 Å². The van der Waals surface area contributed by atoms with E-state index in [1.807, 2.05) is 0 Å². The molecule has 1 amide bonds. The predicted molar refractivity (Wildman–Crippen MR) is 79.8 cm³/mol. The monoisotopic (exact) mass is 330 g/mol. The molecule has 0 aliphatic carbocycles. The molecule has 8 heteroatoms. The molecule has 2 aromatic rings. The molecule has 0 spiro atoms. The Morgan fingerprint density at radius 3 is 2.60 bits per heavy atom. The smallest absolute Gasteiger partial charge is 0.266 e. The number of thiophene rings is 1. The summed E-state index contributed by atoms with van der Waals surface area (Å²) in [7, 11) is -3.80. The normalized spacial score (nSPS) is 11.3. The summed E-state index contributed by atoms with van der Waals surface area (Å²) >= 11 is 6.67. The van der Waals surface area contributed by atoms with Crippen molar-refractivity contribution >= 4 is 44.6 Å². The minimum absolute atomic E-state index is 0.0359. The molecule has 0 aliphatic heterocycles. The third-order valence-corrected chi connectivity index (χ3v) is 5.36. The average Bonchev–Trinajstić information content (AvgIpc) is 2.71. The second-order valence-corrected chi connectivity index (χ2v) is 7.36. The van der Waals surface area contributed by atoms with Crippen LogP contribution in [-0.4, -0.2) is 14.3 Å². The largest absolute Gasteiger partial charge is 0.321 e. The Morgan fingerprint density at radius 1 is 1.35 bits per heavy atom. The van der Waals surface area contributed by atoms with Gasteiger partial charge in [-0.05, 0) is 36.8 Å². The van der Waals surface area contributed by atoms with Crippen LogP contribution < -0.4 is 10.5 Å². The lowest BCUT2D eigenvalue weighted by atomic mass is 10.2. The van der Waals surface area contributed by atoms with E-state index in [0.717, 1.165) is 11.3 Å². The standard InChI is InChI=1S/C12H11ClN2O3S2/c1-7-5-10(20(14,17)18)19-11(7)12(16)15-9-4-2-3-8(13)6-9/h2-6H,1H3,(H,15,16)(H2,14,17,18). The summed E-state index contributed by atoms with van der Waals surface area (Å²) in [6.07, 6.45) is 0. The van der Waals surface area contributed by atoms with Gasteiger partial charge in [-0.3, -0.25) is 4.79 Å². The SMILES string of the molecule is Cc1cc(S(N)(=O)=O)sc1C(=O)Nc1cccc(Cl)c1. The average molecular weight is 331 g/mol. The lowest BCUT2D eigenvalue weighted by Crippen LogP contribution is -2.11. The third-order valence-electron chi connectivity index (χ3n) is 2.46. The lowest BCUT2D eigenvalue weighted by Gasteiger charge is -2.04. The van der Waals surface area contributed by atoms with Crippen molar-refractivity contribution in [2.45, 2.75) is 11.1 Å². The number of benzene rings is 1. The van der Waals surface area contributed by atoms with Crippen molar-refractivity contribution in [3.8, 4) is 0 Å². The first-order chi connectivity index (χ1) is 9.27. The maximum Gasteiger partial charge on any atom is 0.266 e. The molecule has 0 saturated heterocycles. The molecule has 1 heterocycles. The van der Waals surface area contributed by atoms with Crippen LogP contribution in [0.2, 0.25) is 5.02 Å².